The lowest BCUT2D eigenvalue weighted by atomic mass is 9.94. The first kappa shape index (κ1) is 14.2. The molecule has 1 atom stereocenters. The fourth-order valence-corrected chi connectivity index (χ4v) is 2.95. The van der Waals surface area contributed by atoms with Crippen molar-refractivity contribution in [1.82, 2.24) is 10.3 Å². The molecule has 2 rings (SSSR count). The smallest absolute Gasteiger partial charge is 0.0931 e. The monoisotopic (exact) mass is 274 g/mol. The zero-order chi connectivity index (χ0) is 13.5. The molecule has 0 bridgehead atoms. The van der Waals surface area contributed by atoms with Gasteiger partial charge in [0, 0.05) is 30.5 Å². The second-order valence-electron chi connectivity index (χ2n) is 4.95. The number of hydrogen-bond acceptors (Lipinski definition) is 3. The number of hydrogen-bond donors (Lipinski definition) is 1. The maximum atomic E-state index is 4.42. The Bertz CT molecular complexity index is 479. The van der Waals surface area contributed by atoms with Crippen LogP contribution in [-0.4, -0.2) is 18.1 Å². The Hall–Kier alpha value is -1.19. The van der Waals surface area contributed by atoms with Crippen LogP contribution in [0.3, 0.4) is 0 Å². The molecule has 1 aromatic heterocycles. The molecule has 1 aromatic carbocycles. The van der Waals surface area contributed by atoms with Crippen LogP contribution < -0.4 is 5.32 Å². The Balaban J connectivity index is 2.08. The van der Waals surface area contributed by atoms with Crippen molar-refractivity contribution >= 4 is 11.3 Å². The van der Waals surface area contributed by atoms with Crippen LogP contribution in [0.5, 0.6) is 0 Å². The van der Waals surface area contributed by atoms with Crippen LogP contribution in [-0.2, 0) is 6.42 Å². The van der Waals surface area contributed by atoms with E-state index in [2.05, 4.69) is 53.8 Å². The molecule has 102 valence electrons. The first-order valence-corrected chi connectivity index (χ1v) is 7.83. The Morgan fingerprint density at radius 1 is 1.37 bits per heavy atom. The summed E-state index contributed by atoms with van der Waals surface area (Å²) in [5, 5.41) is 6.83. The number of nitrogens with one attached hydrogen (secondary N) is 1. The van der Waals surface area contributed by atoms with Gasteiger partial charge in [-0.1, -0.05) is 36.8 Å². The zero-order valence-corrected chi connectivity index (χ0v) is 12.5. The minimum Gasteiger partial charge on any atom is -0.316 e. The van der Waals surface area contributed by atoms with Gasteiger partial charge in [0.1, 0.15) is 0 Å². The fourth-order valence-electron chi connectivity index (χ4n) is 2.25. The molecule has 0 amide bonds. The molecule has 19 heavy (non-hydrogen) atoms. The summed E-state index contributed by atoms with van der Waals surface area (Å²) >= 11 is 1.75. The number of aromatic nitrogens is 1. The van der Waals surface area contributed by atoms with Crippen molar-refractivity contribution in [3.05, 3.63) is 52.0 Å². The van der Waals surface area contributed by atoms with Gasteiger partial charge in [0.25, 0.3) is 0 Å². The Labute approximate surface area is 119 Å². The van der Waals surface area contributed by atoms with Crippen molar-refractivity contribution in [2.75, 3.05) is 13.1 Å². The highest BCUT2D eigenvalue weighted by atomic mass is 32.1. The normalized spacial score (nSPS) is 12.5. The van der Waals surface area contributed by atoms with Crippen molar-refractivity contribution in [1.29, 1.82) is 0 Å². The maximum Gasteiger partial charge on any atom is 0.0931 e. The SMILES string of the molecule is CCCNCC(Cc1nccs1)c1cccc(C)c1. The summed E-state index contributed by atoms with van der Waals surface area (Å²) in [4.78, 5) is 4.42. The Morgan fingerprint density at radius 3 is 2.95 bits per heavy atom. The first-order valence-electron chi connectivity index (χ1n) is 6.95. The highest BCUT2D eigenvalue weighted by Crippen LogP contribution is 2.22. The maximum absolute atomic E-state index is 4.42. The molecule has 0 aliphatic carbocycles. The highest BCUT2D eigenvalue weighted by Gasteiger charge is 2.13. The zero-order valence-electron chi connectivity index (χ0n) is 11.7. The van der Waals surface area contributed by atoms with Gasteiger partial charge >= 0.3 is 0 Å². The second-order valence-corrected chi connectivity index (χ2v) is 5.92. The van der Waals surface area contributed by atoms with E-state index in [-0.39, 0.29) is 0 Å². The van der Waals surface area contributed by atoms with Crippen molar-refractivity contribution in [3.8, 4) is 0 Å². The minimum absolute atomic E-state index is 0.512. The van der Waals surface area contributed by atoms with E-state index in [1.807, 2.05) is 6.20 Å². The van der Waals surface area contributed by atoms with Gasteiger partial charge < -0.3 is 5.32 Å². The van der Waals surface area contributed by atoms with E-state index in [4.69, 9.17) is 0 Å². The van der Waals surface area contributed by atoms with Crippen LogP contribution in [0, 0.1) is 6.92 Å². The molecule has 0 aliphatic rings. The van der Waals surface area contributed by atoms with Crippen molar-refractivity contribution in [2.24, 2.45) is 0 Å². The summed E-state index contributed by atoms with van der Waals surface area (Å²) in [5.74, 6) is 0.512. The molecular formula is C16H22N2S. The van der Waals surface area contributed by atoms with E-state index in [9.17, 15) is 0 Å². The number of rotatable bonds is 7. The highest BCUT2D eigenvalue weighted by molar-refractivity contribution is 7.09. The molecule has 0 saturated heterocycles. The van der Waals surface area contributed by atoms with Crippen molar-refractivity contribution in [3.63, 3.8) is 0 Å². The Kier molecular flexibility index (Phi) is 5.55. The first-order chi connectivity index (χ1) is 9.29. The average molecular weight is 274 g/mol. The van der Waals surface area contributed by atoms with Crippen LogP contribution >= 0.6 is 11.3 Å². The number of nitrogens with zero attached hydrogens (tertiary/aromatic N) is 1. The molecule has 1 heterocycles. The van der Waals surface area contributed by atoms with Crippen LogP contribution in [0.15, 0.2) is 35.8 Å². The third-order valence-corrected chi connectivity index (χ3v) is 4.04. The van der Waals surface area contributed by atoms with Gasteiger partial charge in [-0.15, -0.1) is 11.3 Å². The van der Waals surface area contributed by atoms with Crippen LogP contribution in [0.4, 0.5) is 0 Å². The lowest BCUT2D eigenvalue weighted by Gasteiger charge is -2.17. The van der Waals surface area contributed by atoms with Gasteiger partial charge in [0.05, 0.1) is 5.01 Å². The summed E-state index contributed by atoms with van der Waals surface area (Å²) in [7, 11) is 0. The van der Waals surface area contributed by atoms with Gasteiger partial charge in [-0.3, -0.25) is 0 Å². The third-order valence-electron chi connectivity index (χ3n) is 3.24. The molecule has 1 N–H and O–H groups in total. The predicted octanol–water partition coefficient (Wildman–Crippen LogP) is 3.78. The molecular weight excluding hydrogens is 252 g/mol. The number of aryl methyl sites for hydroxylation is 1. The molecule has 2 nitrogen and oxygen atoms in total. The minimum atomic E-state index is 0.512. The van der Waals surface area contributed by atoms with E-state index < -0.39 is 0 Å². The van der Waals surface area contributed by atoms with E-state index in [0.29, 0.717) is 5.92 Å². The summed E-state index contributed by atoms with van der Waals surface area (Å²) in [6, 6.07) is 8.84. The van der Waals surface area contributed by atoms with Crippen molar-refractivity contribution < 1.29 is 0 Å². The summed E-state index contributed by atoms with van der Waals surface area (Å²) in [6.07, 6.45) is 4.10. The van der Waals surface area contributed by atoms with Gasteiger partial charge in [-0.2, -0.15) is 0 Å². The van der Waals surface area contributed by atoms with E-state index >= 15 is 0 Å². The fraction of sp³-hybridized carbons (Fsp3) is 0.438. The molecule has 0 spiro atoms. The van der Waals surface area contributed by atoms with Crippen LogP contribution in [0.2, 0.25) is 0 Å². The average Bonchev–Trinajstić information content (AvgIpc) is 2.91. The molecule has 2 aromatic rings. The topological polar surface area (TPSA) is 24.9 Å². The number of thiazole rings is 1. The lowest BCUT2D eigenvalue weighted by molar-refractivity contribution is 0.575. The van der Waals surface area contributed by atoms with Gasteiger partial charge in [0.15, 0.2) is 0 Å². The lowest BCUT2D eigenvalue weighted by Crippen LogP contribution is -2.23. The molecule has 0 aliphatic heterocycles. The summed E-state index contributed by atoms with van der Waals surface area (Å²) in [6.45, 7) is 6.47. The van der Waals surface area contributed by atoms with E-state index in [1.54, 1.807) is 11.3 Å². The molecule has 1 unspecified atom stereocenters. The quantitative estimate of drug-likeness (QED) is 0.777. The third kappa shape index (κ3) is 4.44. The van der Waals surface area contributed by atoms with Gasteiger partial charge in [0.2, 0.25) is 0 Å². The largest absolute Gasteiger partial charge is 0.316 e. The van der Waals surface area contributed by atoms with E-state index in [0.717, 1.165) is 19.5 Å². The van der Waals surface area contributed by atoms with Crippen LogP contribution in [0.1, 0.15) is 35.4 Å². The Morgan fingerprint density at radius 2 is 2.26 bits per heavy atom. The van der Waals surface area contributed by atoms with Gasteiger partial charge in [-0.05, 0) is 25.5 Å². The van der Waals surface area contributed by atoms with Gasteiger partial charge in [-0.25, -0.2) is 4.98 Å². The van der Waals surface area contributed by atoms with Crippen molar-refractivity contribution in [2.45, 2.75) is 32.6 Å². The van der Waals surface area contributed by atoms with Crippen LogP contribution in [0.25, 0.3) is 0 Å². The molecule has 0 fully saturated rings. The second kappa shape index (κ2) is 7.41. The predicted molar refractivity (Wildman–Crippen MR) is 82.9 cm³/mol. The standard InChI is InChI=1S/C16H22N2S/c1-3-7-17-12-15(11-16-18-8-9-19-16)14-6-4-5-13(2)10-14/h4-6,8-10,15,17H,3,7,11-12H2,1-2H3. The van der Waals surface area contributed by atoms with E-state index in [1.165, 1.54) is 22.6 Å². The summed E-state index contributed by atoms with van der Waals surface area (Å²) < 4.78 is 0. The molecule has 0 radical (unpaired) electrons. The summed E-state index contributed by atoms with van der Waals surface area (Å²) in [5.41, 5.74) is 2.75. The molecule has 0 saturated carbocycles. The molecule has 3 heteroatoms. The number of benzene rings is 1.